The number of imidazole rings is 1. The molecule has 0 spiro atoms. The molecule has 0 amide bonds. The fourth-order valence-corrected chi connectivity index (χ4v) is 5.49. The predicted molar refractivity (Wildman–Crippen MR) is 179 cm³/mol. The SMILES string of the molecule is CCc1c(-c2ccccc2OCc2ccccc2)nc(-c2ccccc2OCc2ccccc2)n1-c1ccc(C(=O)O)c(OC)c1. The Balaban J connectivity index is 1.52. The van der Waals surface area contributed by atoms with E-state index in [1.54, 1.807) is 18.2 Å². The van der Waals surface area contributed by atoms with Crippen molar-refractivity contribution < 1.29 is 24.1 Å². The number of carboxylic acid groups (broad SMARTS) is 1. The van der Waals surface area contributed by atoms with Crippen molar-refractivity contribution in [2.45, 2.75) is 26.6 Å². The maximum atomic E-state index is 11.9. The summed E-state index contributed by atoms with van der Waals surface area (Å²) in [5.74, 6) is 1.24. The van der Waals surface area contributed by atoms with E-state index in [4.69, 9.17) is 19.2 Å². The van der Waals surface area contributed by atoms with Crippen molar-refractivity contribution in [3.05, 3.63) is 150 Å². The van der Waals surface area contributed by atoms with Crippen LogP contribution in [0, 0.1) is 0 Å². The summed E-state index contributed by atoms with van der Waals surface area (Å²) in [6.07, 6.45) is 0.630. The molecule has 5 aromatic carbocycles. The van der Waals surface area contributed by atoms with Crippen LogP contribution >= 0.6 is 0 Å². The second-order valence-corrected chi connectivity index (χ2v) is 10.7. The first-order chi connectivity index (χ1) is 22.6. The fourth-order valence-electron chi connectivity index (χ4n) is 5.49. The molecule has 230 valence electrons. The number of hydrogen-bond acceptors (Lipinski definition) is 5. The highest BCUT2D eigenvalue weighted by atomic mass is 16.5. The monoisotopic (exact) mass is 610 g/mol. The maximum Gasteiger partial charge on any atom is 0.339 e. The number of rotatable bonds is 12. The van der Waals surface area contributed by atoms with E-state index in [0.717, 1.165) is 33.6 Å². The van der Waals surface area contributed by atoms with Gasteiger partial charge in [0.1, 0.15) is 41.9 Å². The highest BCUT2D eigenvalue weighted by Gasteiger charge is 2.25. The van der Waals surface area contributed by atoms with Gasteiger partial charge in [0.15, 0.2) is 0 Å². The summed E-state index contributed by atoms with van der Waals surface area (Å²) in [4.78, 5) is 17.2. The highest BCUT2D eigenvalue weighted by molar-refractivity contribution is 5.91. The van der Waals surface area contributed by atoms with Crippen molar-refractivity contribution in [3.63, 3.8) is 0 Å². The summed E-state index contributed by atoms with van der Waals surface area (Å²) in [6.45, 7) is 2.88. The molecule has 0 aliphatic rings. The molecular formula is C39H34N2O5. The lowest BCUT2D eigenvalue weighted by Crippen LogP contribution is -2.06. The lowest BCUT2D eigenvalue weighted by atomic mass is 10.1. The van der Waals surface area contributed by atoms with Crippen LogP contribution in [0.4, 0.5) is 0 Å². The normalized spacial score (nSPS) is 10.8. The zero-order valence-corrected chi connectivity index (χ0v) is 25.7. The third kappa shape index (κ3) is 6.35. The number of methoxy groups -OCH3 is 1. The number of aromatic carboxylic acids is 1. The van der Waals surface area contributed by atoms with E-state index in [9.17, 15) is 9.90 Å². The van der Waals surface area contributed by atoms with E-state index in [0.29, 0.717) is 42.6 Å². The van der Waals surface area contributed by atoms with Crippen molar-refractivity contribution in [1.29, 1.82) is 0 Å². The summed E-state index contributed by atoms with van der Waals surface area (Å²) in [6, 6.07) is 40.9. The van der Waals surface area contributed by atoms with Gasteiger partial charge in [0.05, 0.1) is 29.7 Å². The Morgan fingerprint density at radius 1 is 0.696 bits per heavy atom. The Hall–Kier alpha value is -5.82. The van der Waals surface area contributed by atoms with Gasteiger partial charge in [-0.05, 0) is 53.9 Å². The molecular weight excluding hydrogens is 576 g/mol. The molecule has 7 heteroatoms. The molecule has 6 aromatic rings. The number of benzene rings is 5. The molecule has 0 saturated carbocycles. The molecule has 0 fully saturated rings. The lowest BCUT2D eigenvalue weighted by molar-refractivity contribution is 0.0693. The van der Waals surface area contributed by atoms with Crippen molar-refractivity contribution in [2.75, 3.05) is 7.11 Å². The number of ether oxygens (including phenoxy) is 3. The highest BCUT2D eigenvalue weighted by Crippen LogP contribution is 2.40. The first-order valence-electron chi connectivity index (χ1n) is 15.1. The zero-order valence-electron chi connectivity index (χ0n) is 25.7. The minimum absolute atomic E-state index is 0.0810. The lowest BCUT2D eigenvalue weighted by Gasteiger charge is -2.16. The molecule has 1 N–H and O–H groups in total. The van der Waals surface area contributed by atoms with Crippen molar-refractivity contribution >= 4 is 5.97 Å². The standard InChI is InChI=1S/C39H34N2O5/c1-3-33-37(30-18-10-12-20-34(30)45-25-27-14-6-4-7-15-27)40-38(41(33)29-22-23-32(39(42)43)36(24-29)44-2)31-19-11-13-21-35(31)46-26-28-16-8-5-9-17-28/h4-24H,3,25-26H2,1-2H3,(H,42,43). The molecule has 0 aliphatic heterocycles. The molecule has 0 atom stereocenters. The number of aromatic nitrogens is 2. The Morgan fingerprint density at radius 3 is 1.80 bits per heavy atom. The summed E-state index contributed by atoms with van der Waals surface area (Å²) in [7, 11) is 1.47. The Kier molecular flexibility index (Phi) is 9.11. The maximum absolute atomic E-state index is 11.9. The Bertz CT molecular complexity index is 1950. The molecule has 6 rings (SSSR count). The van der Waals surface area contributed by atoms with Gasteiger partial charge < -0.3 is 19.3 Å². The van der Waals surface area contributed by atoms with Crippen LogP contribution in [0.2, 0.25) is 0 Å². The first-order valence-corrected chi connectivity index (χ1v) is 15.1. The summed E-state index contributed by atoms with van der Waals surface area (Å²) in [5, 5.41) is 9.77. The van der Waals surface area contributed by atoms with Crippen LogP contribution in [0.25, 0.3) is 28.3 Å². The van der Waals surface area contributed by atoms with E-state index in [1.165, 1.54) is 7.11 Å². The van der Waals surface area contributed by atoms with Crippen LogP contribution in [-0.4, -0.2) is 27.7 Å². The quantitative estimate of drug-likeness (QED) is 0.149. The third-order valence-corrected chi connectivity index (χ3v) is 7.73. The van der Waals surface area contributed by atoms with Crippen LogP contribution in [0.15, 0.2) is 127 Å². The average Bonchev–Trinajstić information content (AvgIpc) is 3.50. The van der Waals surface area contributed by atoms with Crippen LogP contribution in [0.3, 0.4) is 0 Å². The van der Waals surface area contributed by atoms with Gasteiger partial charge in [0.2, 0.25) is 0 Å². The van der Waals surface area contributed by atoms with Crippen LogP contribution in [0.5, 0.6) is 17.2 Å². The number of nitrogens with zero attached hydrogens (tertiary/aromatic N) is 2. The topological polar surface area (TPSA) is 82.8 Å². The van der Waals surface area contributed by atoms with Gasteiger partial charge in [-0.2, -0.15) is 0 Å². The second kappa shape index (κ2) is 13.9. The van der Waals surface area contributed by atoms with Gasteiger partial charge in [-0.15, -0.1) is 0 Å². The van der Waals surface area contributed by atoms with Crippen molar-refractivity contribution in [2.24, 2.45) is 0 Å². The number of carboxylic acids is 1. The number of carbonyl (C=O) groups is 1. The largest absolute Gasteiger partial charge is 0.496 e. The smallest absolute Gasteiger partial charge is 0.339 e. The molecule has 0 radical (unpaired) electrons. The third-order valence-electron chi connectivity index (χ3n) is 7.73. The van der Waals surface area contributed by atoms with E-state index < -0.39 is 5.97 Å². The zero-order chi connectivity index (χ0) is 31.9. The Labute approximate surface area is 268 Å². The van der Waals surface area contributed by atoms with Gasteiger partial charge >= 0.3 is 5.97 Å². The van der Waals surface area contributed by atoms with Gasteiger partial charge in [0.25, 0.3) is 0 Å². The minimum Gasteiger partial charge on any atom is -0.496 e. The van der Waals surface area contributed by atoms with E-state index in [-0.39, 0.29) is 11.3 Å². The van der Waals surface area contributed by atoms with Gasteiger partial charge in [-0.3, -0.25) is 4.57 Å². The van der Waals surface area contributed by atoms with Gasteiger partial charge in [-0.25, -0.2) is 9.78 Å². The second-order valence-electron chi connectivity index (χ2n) is 10.7. The molecule has 0 aliphatic carbocycles. The molecule has 0 bridgehead atoms. The molecule has 1 aromatic heterocycles. The van der Waals surface area contributed by atoms with Crippen LogP contribution in [0.1, 0.15) is 34.1 Å². The molecule has 46 heavy (non-hydrogen) atoms. The fraction of sp³-hybridized carbons (Fsp3) is 0.128. The van der Waals surface area contributed by atoms with Crippen molar-refractivity contribution in [1.82, 2.24) is 9.55 Å². The average molecular weight is 611 g/mol. The molecule has 1 heterocycles. The summed E-state index contributed by atoms with van der Waals surface area (Å²) < 4.78 is 20.3. The first kappa shape index (κ1) is 30.2. The summed E-state index contributed by atoms with van der Waals surface area (Å²) in [5.41, 5.74) is 6.25. The van der Waals surface area contributed by atoms with Gasteiger partial charge in [0, 0.05) is 11.6 Å². The Morgan fingerprint density at radius 2 is 1.24 bits per heavy atom. The van der Waals surface area contributed by atoms with Crippen LogP contribution < -0.4 is 14.2 Å². The number of hydrogen-bond donors (Lipinski definition) is 1. The van der Waals surface area contributed by atoms with Crippen LogP contribution in [-0.2, 0) is 19.6 Å². The van der Waals surface area contributed by atoms with Crippen molar-refractivity contribution in [3.8, 4) is 45.6 Å². The number of para-hydroxylation sites is 2. The predicted octanol–water partition coefficient (Wildman–Crippen LogP) is 8.63. The molecule has 0 unspecified atom stereocenters. The summed E-state index contributed by atoms with van der Waals surface area (Å²) >= 11 is 0. The van der Waals surface area contributed by atoms with E-state index in [2.05, 4.69) is 11.5 Å². The van der Waals surface area contributed by atoms with E-state index >= 15 is 0 Å². The molecule has 0 saturated heterocycles. The van der Waals surface area contributed by atoms with E-state index in [1.807, 2.05) is 109 Å². The molecule has 7 nitrogen and oxygen atoms in total. The minimum atomic E-state index is -1.06. The van der Waals surface area contributed by atoms with Gasteiger partial charge in [-0.1, -0.05) is 91.9 Å².